The van der Waals surface area contributed by atoms with Gasteiger partial charge in [0.15, 0.2) is 0 Å². The first-order valence-corrected chi connectivity index (χ1v) is 8.02. The monoisotopic (exact) mass is 299 g/mol. The summed E-state index contributed by atoms with van der Waals surface area (Å²) in [5.74, 6) is 0. The van der Waals surface area contributed by atoms with E-state index >= 15 is 0 Å². The average Bonchev–Trinajstić information content (AvgIpc) is 2.81. The summed E-state index contributed by atoms with van der Waals surface area (Å²) in [5, 5.41) is 5.02. The summed E-state index contributed by atoms with van der Waals surface area (Å²) in [6, 6.07) is 0.0194. The molecule has 4 nitrogen and oxygen atoms in total. The van der Waals surface area contributed by atoms with Crippen LogP contribution in [0.25, 0.3) is 0 Å². The van der Waals surface area contributed by atoms with Crippen LogP contribution in [0.15, 0.2) is 6.20 Å². The number of hydrogen-bond donors (Lipinski definition) is 1. The van der Waals surface area contributed by atoms with Crippen LogP contribution >= 0.6 is 11.6 Å². The topological polar surface area (TPSA) is 53.1 Å². The van der Waals surface area contributed by atoms with E-state index in [4.69, 9.17) is 22.1 Å². The van der Waals surface area contributed by atoms with Crippen LogP contribution in [0.2, 0.25) is 5.02 Å². The van der Waals surface area contributed by atoms with Gasteiger partial charge in [-0.25, -0.2) is 0 Å². The Morgan fingerprint density at radius 2 is 2.05 bits per heavy atom. The van der Waals surface area contributed by atoms with Crippen LogP contribution in [0, 0.1) is 0 Å². The van der Waals surface area contributed by atoms with E-state index in [-0.39, 0.29) is 17.7 Å². The van der Waals surface area contributed by atoms with E-state index in [1.165, 1.54) is 19.3 Å². The lowest BCUT2D eigenvalue weighted by Crippen LogP contribution is -2.46. The lowest BCUT2D eigenvalue weighted by atomic mass is 9.78. The van der Waals surface area contributed by atoms with E-state index in [2.05, 4.69) is 18.9 Å². The molecule has 0 radical (unpaired) electrons. The molecule has 1 aliphatic carbocycles. The van der Waals surface area contributed by atoms with Crippen molar-refractivity contribution >= 4 is 11.6 Å². The second kappa shape index (κ2) is 6.46. The fourth-order valence-corrected chi connectivity index (χ4v) is 3.53. The van der Waals surface area contributed by atoms with E-state index in [0.29, 0.717) is 11.6 Å². The van der Waals surface area contributed by atoms with Crippen LogP contribution in [0.5, 0.6) is 0 Å². The molecule has 1 aliphatic rings. The summed E-state index contributed by atoms with van der Waals surface area (Å²) in [6.07, 6.45) is 7.30. The zero-order valence-corrected chi connectivity index (χ0v) is 13.5. The number of ether oxygens (including phenoxy) is 1. The van der Waals surface area contributed by atoms with Gasteiger partial charge in [0.2, 0.25) is 0 Å². The van der Waals surface area contributed by atoms with Crippen molar-refractivity contribution in [1.82, 2.24) is 9.78 Å². The quantitative estimate of drug-likeness (QED) is 0.898. The summed E-state index contributed by atoms with van der Waals surface area (Å²) in [6.45, 7) is 6.90. The van der Waals surface area contributed by atoms with Gasteiger partial charge in [0.1, 0.15) is 0 Å². The number of aromatic nitrogens is 2. The second-order valence-electron chi connectivity index (χ2n) is 5.95. The predicted octanol–water partition coefficient (Wildman–Crippen LogP) is 3.86. The number of nitrogens with two attached hydrogens (primary N) is 1. The Bertz CT molecular complexity index is 433. The molecule has 20 heavy (non-hydrogen) atoms. The summed E-state index contributed by atoms with van der Waals surface area (Å²) < 4.78 is 8.05. The largest absolute Gasteiger partial charge is 0.373 e. The summed E-state index contributed by atoms with van der Waals surface area (Å²) in [4.78, 5) is 0. The summed E-state index contributed by atoms with van der Waals surface area (Å²) in [5.41, 5.74) is 7.23. The van der Waals surface area contributed by atoms with E-state index < -0.39 is 0 Å². The Balaban J connectivity index is 2.36. The molecule has 0 bridgehead atoms. The van der Waals surface area contributed by atoms with E-state index in [1.807, 2.05) is 11.6 Å². The highest BCUT2D eigenvalue weighted by Crippen LogP contribution is 2.42. The van der Waals surface area contributed by atoms with Crippen LogP contribution < -0.4 is 5.73 Å². The molecule has 1 atom stereocenters. The van der Waals surface area contributed by atoms with Gasteiger partial charge >= 0.3 is 0 Å². The Hall–Kier alpha value is -0.580. The van der Waals surface area contributed by atoms with Crippen molar-refractivity contribution in [2.45, 2.75) is 70.6 Å². The number of nitrogens with zero attached hydrogens (tertiary/aromatic N) is 2. The van der Waals surface area contributed by atoms with Crippen molar-refractivity contribution in [3.05, 3.63) is 16.9 Å². The van der Waals surface area contributed by atoms with Gasteiger partial charge in [-0.2, -0.15) is 5.10 Å². The normalized spacial score (nSPS) is 20.3. The van der Waals surface area contributed by atoms with Gasteiger partial charge in [0, 0.05) is 12.6 Å². The molecule has 1 unspecified atom stereocenters. The van der Waals surface area contributed by atoms with Crippen LogP contribution in [0.1, 0.15) is 70.7 Å². The molecular formula is C15H26ClN3O. The van der Waals surface area contributed by atoms with Crippen molar-refractivity contribution < 1.29 is 4.74 Å². The number of halogens is 1. The van der Waals surface area contributed by atoms with Gasteiger partial charge in [-0.3, -0.25) is 4.68 Å². The van der Waals surface area contributed by atoms with E-state index in [9.17, 15) is 0 Å². The lowest BCUT2D eigenvalue weighted by Gasteiger charge is -2.42. The first kappa shape index (κ1) is 15.8. The fraction of sp³-hybridized carbons (Fsp3) is 0.800. The Labute approximate surface area is 126 Å². The third kappa shape index (κ3) is 2.87. The van der Waals surface area contributed by atoms with Crippen molar-refractivity contribution in [1.29, 1.82) is 0 Å². The second-order valence-corrected chi connectivity index (χ2v) is 6.36. The van der Waals surface area contributed by atoms with Crippen molar-refractivity contribution in [3.63, 3.8) is 0 Å². The van der Waals surface area contributed by atoms with Gasteiger partial charge in [0.05, 0.1) is 28.6 Å². The molecular weight excluding hydrogens is 274 g/mol. The molecule has 1 saturated carbocycles. The average molecular weight is 300 g/mol. The van der Waals surface area contributed by atoms with E-state index in [1.54, 1.807) is 6.20 Å². The lowest BCUT2D eigenvalue weighted by molar-refractivity contribution is -0.0847. The van der Waals surface area contributed by atoms with Gasteiger partial charge in [-0.05, 0) is 33.6 Å². The third-order valence-corrected chi connectivity index (χ3v) is 4.56. The minimum absolute atomic E-state index is 0.222. The Kier molecular flexibility index (Phi) is 5.10. The molecule has 2 N–H and O–H groups in total. The first-order chi connectivity index (χ1) is 9.52. The SMILES string of the molecule is CCOC1(C(N)c2c(Cl)cnn2C(C)C)CCCCC1. The molecule has 0 spiro atoms. The fourth-order valence-electron chi connectivity index (χ4n) is 3.29. The molecule has 0 saturated heterocycles. The Morgan fingerprint density at radius 3 is 2.60 bits per heavy atom. The first-order valence-electron chi connectivity index (χ1n) is 7.64. The smallest absolute Gasteiger partial charge is 0.0889 e. The van der Waals surface area contributed by atoms with Gasteiger partial charge in [-0.15, -0.1) is 0 Å². The molecule has 5 heteroatoms. The van der Waals surface area contributed by atoms with Crippen LogP contribution in [0.4, 0.5) is 0 Å². The van der Waals surface area contributed by atoms with Gasteiger partial charge < -0.3 is 10.5 Å². The zero-order chi connectivity index (χ0) is 14.8. The van der Waals surface area contributed by atoms with Crippen LogP contribution in [-0.2, 0) is 4.74 Å². The third-order valence-electron chi connectivity index (χ3n) is 4.27. The molecule has 1 aromatic rings. The van der Waals surface area contributed by atoms with Crippen molar-refractivity contribution in [2.24, 2.45) is 5.73 Å². The molecule has 1 heterocycles. The number of rotatable bonds is 5. The van der Waals surface area contributed by atoms with Gasteiger partial charge in [-0.1, -0.05) is 30.9 Å². The maximum Gasteiger partial charge on any atom is 0.0889 e. The molecule has 1 aromatic heterocycles. The highest BCUT2D eigenvalue weighted by molar-refractivity contribution is 6.31. The number of hydrogen-bond acceptors (Lipinski definition) is 3. The highest BCUT2D eigenvalue weighted by Gasteiger charge is 2.42. The van der Waals surface area contributed by atoms with Crippen LogP contribution in [0.3, 0.4) is 0 Å². The van der Waals surface area contributed by atoms with Gasteiger partial charge in [0.25, 0.3) is 0 Å². The van der Waals surface area contributed by atoms with Crippen molar-refractivity contribution in [2.75, 3.05) is 6.61 Å². The minimum Gasteiger partial charge on any atom is -0.373 e. The molecule has 0 aliphatic heterocycles. The summed E-state index contributed by atoms with van der Waals surface area (Å²) in [7, 11) is 0. The van der Waals surface area contributed by atoms with Crippen LogP contribution in [-0.4, -0.2) is 22.0 Å². The minimum atomic E-state index is -0.288. The highest BCUT2D eigenvalue weighted by atomic mass is 35.5. The van der Waals surface area contributed by atoms with Crippen molar-refractivity contribution in [3.8, 4) is 0 Å². The molecule has 0 aromatic carbocycles. The maximum absolute atomic E-state index is 6.60. The summed E-state index contributed by atoms with van der Waals surface area (Å²) >= 11 is 6.35. The maximum atomic E-state index is 6.60. The molecule has 2 rings (SSSR count). The molecule has 0 amide bonds. The standard InChI is InChI=1S/C15H26ClN3O/c1-4-20-15(8-6-5-7-9-15)14(17)13-12(16)10-18-19(13)11(2)3/h10-11,14H,4-9,17H2,1-3H3. The van der Waals surface area contributed by atoms with E-state index in [0.717, 1.165) is 18.5 Å². The predicted molar refractivity (Wildman–Crippen MR) is 82.0 cm³/mol. The molecule has 1 fully saturated rings. The Morgan fingerprint density at radius 1 is 1.40 bits per heavy atom. The zero-order valence-electron chi connectivity index (χ0n) is 12.7. The molecule has 114 valence electrons.